The van der Waals surface area contributed by atoms with Crippen LogP contribution in [0.5, 0.6) is 0 Å². The van der Waals surface area contributed by atoms with Crippen molar-refractivity contribution in [3.63, 3.8) is 0 Å². The van der Waals surface area contributed by atoms with Gasteiger partial charge in [0.1, 0.15) is 0 Å². The summed E-state index contributed by atoms with van der Waals surface area (Å²) in [6.45, 7) is 6.38. The summed E-state index contributed by atoms with van der Waals surface area (Å²) in [5, 5.41) is 4.53. The number of carbonyl (C=O) groups excluding carboxylic acids is 1. The maximum atomic E-state index is 12.8. The lowest BCUT2D eigenvalue weighted by Crippen LogP contribution is -2.24. The Morgan fingerprint density at radius 3 is 2.80 bits per heavy atom. The number of hydrogen-bond donors (Lipinski definition) is 1. The second-order valence-electron chi connectivity index (χ2n) is 5.73. The molecule has 0 atom stereocenters. The molecule has 0 radical (unpaired) electrons. The average molecular weight is 358 g/mol. The Balaban J connectivity index is 1.94. The van der Waals surface area contributed by atoms with E-state index in [-0.39, 0.29) is 11.5 Å². The van der Waals surface area contributed by atoms with Crippen molar-refractivity contribution in [2.24, 2.45) is 0 Å². The minimum absolute atomic E-state index is 0.0390. The summed E-state index contributed by atoms with van der Waals surface area (Å²) >= 11 is 1.38. The van der Waals surface area contributed by atoms with Crippen LogP contribution >= 0.6 is 11.3 Å². The first-order valence-corrected chi connectivity index (χ1v) is 9.40. The Morgan fingerprint density at radius 2 is 2.04 bits per heavy atom. The summed E-state index contributed by atoms with van der Waals surface area (Å²) in [6, 6.07) is 9.56. The molecule has 2 heterocycles. The minimum Gasteiger partial charge on any atom is -0.382 e. The molecule has 1 N–H and O–H groups in total. The van der Waals surface area contributed by atoms with Crippen molar-refractivity contribution >= 4 is 38.2 Å². The smallest absolute Gasteiger partial charge is 0.261 e. The van der Waals surface area contributed by atoms with E-state index in [1.165, 1.54) is 11.3 Å². The van der Waals surface area contributed by atoms with Crippen molar-refractivity contribution in [2.45, 2.75) is 26.8 Å². The fraction of sp³-hybridized carbons (Fsp3) is 0.368. The normalized spacial score (nSPS) is 11.3. The highest BCUT2D eigenvalue weighted by Gasteiger charge is 2.16. The van der Waals surface area contributed by atoms with E-state index in [0.717, 1.165) is 22.0 Å². The van der Waals surface area contributed by atoms with E-state index in [1.807, 2.05) is 38.1 Å². The third-order valence-electron chi connectivity index (χ3n) is 4.14. The predicted molar refractivity (Wildman–Crippen MR) is 103 cm³/mol. The molecule has 0 aliphatic rings. The van der Waals surface area contributed by atoms with Crippen LogP contribution in [0.25, 0.3) is 21.0 Å². The van der Waals surface area contributed by atoms with Crippen molar-refractivity contribution < 1.29 is 9.53 Å². The van der Waals surface area contributed by atoms with Gasteiger partial charge in [0.15, 0.2) is 0 Å². The molecule has 3 aromatic rings. The number of nitrogens with one attached hydrogen (secondary N) is 1. The molecule has 1 amide bonds. The van der Waals surface area contributed by atoms with Gasteiger partial charge in [-0.3, -0.25) is 9.59 Å². The van der Waals surface area contributed by atoms with E-state index in [1.54, 1.807) is 10.6 Å². The monoisotopic (exact) mass is 358 g/mol. The molecule has 1 aromatic carbocycles. The van der Waals surface area contributed by atoms with Crippen LogP contribution in [-0.2, 0) is 11.3 Å². The molecular formula is C19H22N2O3S. The molecule has 0 unspecified atom stereocenters. The van der Waals surface area contributed by atoms with Crippen LogP contribution in [0.15, 0.2) is 35.1 Å². The first-order chi connectivity index (χ1) is 12.2. The molecule has 2 aromatic heterocycles. The van der Waals surface area contributed by atoms with Crippen molar-refractivity contribution in [3.05, 3.63) is 45.6 Å². The number of fused-ring (bicyclic) bond motifs is 3. The molecule has 0 aliphatic heterocycles. The molecule has 0 saturated heterocycles. The quantitative estimate of drug-likeness (QED) is 0.659. The molecular weight excluding hydrogens is 336 g/mol. The van der Waals surface area contributed by atoms with E-state index >= 15 is 0 Å². The summed E-state index contributed by atoms with van der Waals surface area (Å²) in [6.07, 6.45) is 0.774. The molecule has 3 rings (SSSR count). The van der Waals surface area contributed by atoms with E-state index < -0.39 is 0 Å². The fourth-order valence-electron chi connectivity index (χ4n) is 2.94. The van der Waals surface area contributed by atoms with Crippen LogP contribution < -0.4 is 10.9 Å². The molecule has 0 spiro atoms. The van der Waals surface area contributed by atoms with Crippen LogP contribution in [0.2, 0.25) is 0 Å². The summed E-state index contributed by atoms with van der Waals surface area (Å²) < 4.78 is 7.90. The van der Waals surface area contributed by atoms with Gasteiger partial charge in [-0.05, 0) is 32.4 Å². The van der Waals surface area contributed by atoms with Crippen molar-refractivity contribution in [3.8, 4) is 0 Å². The number of carbonyl (C=O) groups is 1. The lowest BCUT2D eigenvalue weighted by molar-refractivity contribution is 0.0948. The fourth-order valence-corrected chi connectivity index (χ4v) is 4.04. The van der Waals surface area contributed by atoms with Crippen LogP contribution in [0.1, 0.15) is 29.9 Å². The molecule has 0 fully saturated rings. The van der Waals surface area contributed by atoms with Gasteiger partial charge in [0, 0.05) is 36.4 Å². The van der Waals surface area contributed by atoms with Gasteiger partial charge in [-0.25, -0.2) is 0 Å². The van der Waals surface area contributed by atoms with Gasteiger partial charge in [0.05, 0.1) is 15.8 Å². The number of aromatic nitrogens is 1. The lowest BCUT2D eigenvalue weighted by atomic mass is 10.1. The minimum atomic E-state index is -0.135. The molecule has 0 aliphatic carbocycles. The Morgan fingerprint density at radius 1 is 1.24 bits per heavy atom. The highest BCUT2D eigenvalue weighted by atomic mass is 32.1. The van der Waals surface area contributed by atoms with Crippen LogP contribution in [0, 0.1) is 0 Å². The van der Waals surface area contributed by atoms with Crippen molar-refractivity contribution in [1.29, 1.82) is 0 Å². The number of aryl methyl sites for hydroxylation is 1. The Hall–Kier alpha value is -2.18. The molecule has 5 nitrogen and oxygen atoms in total. The van der Waals surface area contributed by atoms with Gasteiger partial charge >= 0.3 is 0 Å². The summed E-state index contributed by atoms with van der Waals surface area (Å²) in [7, 11) is 0. The lowest BCUT2D eigenvalue weighted by Gasteiger charge is -2.08. The second kappa shape index (κ2) is 7.80. The number of benzene rings is 1. The number of nitrogens with zero attached hydrogens (tertiary/aromatic N) is 1. The van der Waals surface area contributed by atoms with Gasteiger partial charge in [0.25, 0.3) is 11.5 Å². The number of para-hydroxylation sites is 1. The highest BCUT2D eigenvalue weighted by Crippen LogP contribution is 2.30. The highest BCUT2D eigenvalue weighted by molar-refractivity contribution is 7.21. The molecule has 132 valence electrons. The van der Waals surface area contributed by atoms with Gasteiger partial charge in [0.2, 0.25) is 0 Å². The summed E-state index contributed by atoms with van der Waals surface area (Å²) in [4.78, 5) is 25.7. The molecule has 25 heavy (non-hydrogen) atoms. The van der Waals surface area contributed by atoms with Crippen molar-refractivity contribution in [1.82, 2.24) is 9.88 Å². The number of rotatable bonds is 7. The zero-order chi connectivity index (χ0) is 17.8. The number of thiophene rings is 1. The van der Waals surface area contributed by atoms with Crippen LogP contribution in [0.4, 0.5) is 0 Å². The number of hydrogen-bond acceptors (Lipinski definition) is 4. The van der Waals surface area contributed by atoms with Crippen LogP contribution in [0.3, 0.4) is 0 Å². The molecule has 0 bridgehead atoms. The van der Waals surface area contributed by atoms with E-state index in [4.69, 9.17) is 4.74 Å². The SMILES string of the molecule is CCOCCCNC(=O)c1cc2c(=O)n(CC)c3ccccc3c2s1. The third-order valence-corrected chi connectivity index (χ3v) is 5.31. The van der Waals surface area contributed by atoms with Gasteiger partial charge in [-0.2, -0.15) is 0 Å². The number of amides is 1. The van der Waals surface area contributed by atoms with Gasteiger partial charge in [-0.15, -0.1) is 11.3 Å². The second-order valence-corrected chi connectivity index (χ2v) is 6.78. The van der Waals surface area contributed by atoms with Crippen molar-refractivity contribution in [2.75, 3.05) is 19.8 Å². The van der Waals surface area contributed by atoms with Gasteiger partial charge < -0.3 is 14.6 Å². The zero-order valence-electron chi connectivity index (χ0n) is 14.5. The maximum Gasteiger partial charge on any atom is 0.261 e. The first kappa shape index (κ1) is 17.6. The standard InChI is InChI=1S/C19H22N2O3S/c1-3-21-15-9-6-5-8-13(15)17-14(19(21)23)12-16(25-17)18(22)20-10-7-11-24-4-2/h5-6,8-9,12H,3-4,7,10-11H2,1-2H3,(H,20,22). The van der Waals surface area contributed by atoms with E-state index in [0.29, 0.717) is 36.6 Å². The Bertz CT molecular complexity index is 958. The van der Waals surface area contributed by atoms with Crippen LogP contribution in [-0.4, -0.2) is 30.2 Å². The van der Waals surface area contributed by atoms with E-state index in [9.17, 15) is 9.59 Å². The Labute approximate surface area is 150 Å². The van der Waals surface area contributed by atoms with E-state index in [2.05, 4.69) is 5.32 Å². The average Bonchev–Trinajstić information content (AvgIpc) is 3.08. The Kier molecular flexibility index (Phi) is 5.50. The summed E-state index contributed by atoms with van der Waals surface area (Å²) in [5.74, 6) is -0.135. The molecule has 6 heteroatoms. The number of pyridine rings is 1. The molecule has 0 saturated carbocycles. The topological polar surface area (TPSA) is 60.3 Å². The number of ether oxygens (including phenoxy) is 1. The summed E-state index contributed by atoms with van der Waals surface area (Å²) in [5.41, 5.74) is 0.871. The largest absolute Gasteiger partial charge is 0.382 e. The van der Waals surface area contributed by atoms with Gasteiger partial charge in [-0.1, -0.05) is 18.2 Å². The third kappa shape index (κ3) is 3.45. The first-order valence-electron chi connectivity index (χ1n) is 8.58. The zero-order valence-corrected chi connectivity index (χ0v) is 15.3. The predicted octanol–water partition coefficient (Wildman–Crippen LogP) is 3.39. The maximum absolute atomic E-state index is 12.8.